The zero-order valence-electron chi connectivity index (χ0n) is 20.2. The predicted molar refractivity (Wildman–Crippen MR) is 141 cm³/mol. The molecule has 34 heavy (non-hydrogen) atoms. The molecular weight excluding hydrogens is 468 g/mol. The van der Waals surface area contributed by atoms with Crippen LogP contribution in [0.5, 0.6) is 0 Å². The average Bonchev–Trinajstić information content (AvgIpc) is 3.09. The fourth-order valence-electron chi connectivity index (χ4n) is 3.64. The maximum Gasteiger partial charge on any atom is 0.263 e. The molecule has 0 unspecified atom stereocenters. The van der Waals surface area contributed by atoms with E-state index in [4.69, 9.17) is 4.98 Å². The highest BCUT2D eigenvalue weighted by atomic mass is 32.2. The first kappa shape index (κ1) is 25.7. The van der Waals surface area contributed by atoms with Crippen molar-refractivity contribution in [3.63, 3.8) is 0 Å². The minimum atomic E-state index is -0.539. The van der Waals surface area contributed by atoms with Crippen LogP contribution < -0.4 is 10.9 Å². The van der Waals surface area contributed by atoms with Crippen LogP contribution in [0.1, 0.15) is 29.9 Å². The first-order valence-electron chi connectivity index (χ1n) is 11.1. The van der Waals surface area contributed by atoms with Gasteiger partial charge in [0, 0.05) is 24.2 Å². The van der Waals surface area contributed by atoms with Crippen LogP contribution in [0, 0.1) is 13.8 Å². The van der Waals surface area contributed by atoms with Crippen LogP contribution in [0.4, 0.5) is 5.69 Å². The minimum absolute atomic E-state index is 0.0724. The molecule has 1 aromatic carbocycles. The first-order valence-corrected chi connectivity index (χ1v) is 12.8. The maximum absolute atomic E-state index is 13.2. The lowest BCUT2D eigenvalue weighted by Gasteiger charge is -2.21. The lowest BCUT2D eigenvalue weighted by atomic mass is 10.1. The van der Waals surface area contributed by atoms with Gasteiger partial charge >= 0.3 is 0 Å². The Morgan fingerprint density at radius 1 is 1.32 bits per heavy atom. The molecule has 0 bridgehead atoms. The number of nitrogens with zero attached hydrogens (tertiary/aromatic N) is 3. The number of carbonyl (C=O) groups excluding carboxylic acids is 2. The van der Waals surface area contributed by atoms with E-state index in [0.717, 1.165) is 28.1 Å². The summed E-state index contributed by atoms with van der Waals surface area (Å²) in [4.78, 5) is 46.6. The SMILES string of the molecule is C=CCn1c(S[C@@H](C)C(=O)N(C)CC(=O)Nc2ccccc2CC)nc2sc(C)c(C)c2c1=O. The lowest BCUT2D eigenvalue weighted by Crippen LogP contribution is -2.39. The largest absolute Gasteiger partial charge is 0.335 e. The van der Waals surface area contributed by atoms with Crippen LogP contribution >= 0.6 is 23.1 Å². The Morgan fingerprint density at radius 2 is 2.03 bits per heavy atom. The minimum Gasteiger partial charge on any atom is -0.335 e. The van der Waals surface area contributed by atoms with Crippen LogP contribution in [0.15, 0.2) is 46.9 Å². The van der Waals surface area contributed by atoms with E-state index in [9.17, 15) is 14.4 Å². The van der Waals surface area contributed by atoms with Crippen molar-refractivity contribution in [2.24, 2.45) is 0 Å². The summed E-state index contributed by atoms with van der Waals surface area (Å²) >= 11 is 2.69. The number of nitrogens with one attached hydrogen (secondary N) is 1. The molecule has 0 fully saturated rings. The Morgan fingerprint density at radius 3 is 2.71 bits per heavy atom. The molecule has 1 atom stereocenters. The van der Waals surface area contributed by atoms with Gasteiger partial charge in [-0.15, -0.1) is 17.9 Å². The third kappa shape index (κ3) is 5.42. The summed E-state index contributed by atoms with van der Waals surface area (Å²) in [5.74, 6) is -0.483. The highest BCUT2D eigenvalue weighted by Gasteiger charge is 2.24. The van der Waals surface area contributed by atoms with E-state index in [1.165, 1.54) is 28.0 Å². The summed E-state index contributed by atoms with van der Waals surface area (Å²) in [6.45, 7) is 11.7. The molecule has 1 N–H and O–H groups in total. The molecule has 0 spiro atoms. The number of likely N-dealkylation sites (N-methyl/N-ethyl adjacent to an activating group) is 1. The number of thioether (sulfide) groups is 1. The van der Waals surface area contributed by atoms with Crippen molar-refractivity contribution in [1.29, 1.82) is 0 Å². The smallest absolute Gasteiger partial charge is 0.263 e. The van der Waals surface area contributed by atoms with E-state index in [2.05, 4.69) is 11.9 Å². The predicted octanol–water partition coefficient (Wildman–Crippen LogP) is 4.40. The van der Waals surface area contributed by atoms with Gasteiger partial charge in [-0.25, -0.2) is 4.98 Å². The number of aromatic nitrogens is 2. The van der Waals surface area contributed by atoms with Gasteiger partial charge in [0.05, 0.1) is 17.2 Å². The molecule has 7 nitrogen and oxygen atoms in total. The molecule has 2 amide bonds. The number of allylic oxidation sites excluding steroid dienone is 1. The van der Waals surface area contributed by atoms with E-state index < -0.39 is 5.25 Å². The summed E-state index contributed by atoms with van der Waals surface area (Å²) in [6, 6.07) is 7.61. The maximum atomic E-state index is 13.2. The molecule has 0 aliphatic rings. The summed E-state index contributed by atoms with van der Waals surface area (Å²) in [5.41, 5.74) is 2.60. The number of hydrogen-bond acceptors (Lipinski definition) is 6. The summed E-state index contributed by atoms with van der Waals surface area (Å²) in [7, 11) is 1.60. The van der Waals surface area contributed by atoms with Gasteiger partial charge in [-0.2, -0.15) is 0 Å². The van der Waals surface area contributed by atoms with Crippen molar-refractivity contribution < 1.29 is 9.59 Å². The van der Waals surface area contributed by atoms with E-state index in [-0.39, 0.29) is 23.9 Å². The number of amides is 2. The van der Waals surface area contributed by atoms with E-state index >= 15 is 0 Å². The highest BCUT2D eigenvalue weighted by molar-refractivity contribution is 8.00. The summed E-state index contributed by atoms with van der Waals surface area (Å²) in [6.07, 6.45) is 2.44. The fourth-order valence-corrected chi connectivity index (χ4v) is 5.74. The molecule has 9 heteroatoms. The standard InChI is InChI=1S/C25H30N4O3S2/c1-7-13-29-24(32)21-15(3)16(4)33-22(21)27-25(29)34-17(5)23(31)28(6)14-20(30)26-19-12-10-9-11-18(19)8-2/h7,9-12,17H,1,8,13-14H2,2-6H3,(H,26,30)/t17-/m0/s1. The van der Waals surface area contributed by atoms with Gasteiger partial charge in [-0.05, 0) is 44.4 Å². The van der Waals surface area contributed by atoms with Crippen LogP contribution in [0.2, 0.25) is 0 Å². The molecule has 0 radical (unpaired) electrons. The van der Waals surface area contributed by atoms with Crippen molar-refractivity contribution >= 4 is 50.8 Å². The van der Waals surface area contributed by atoms with Gasteiger partial charge in [0.15, 0.2) is 5.16 Å². The molecule has 180 valence electrons. The van der Waals surface area contributed by atoms with Crippen molar-refractivity contribution in [2.45, 2.75) is 51.1 Å². The zero-order chi connectivity index (χ0) is 25.0. The fraction of sp³-hybridized carbons (Fsp3) is 0.360. The van der Waals surface area contributed by atoms with Gasteiger partial charge in [0.25, 0.3) is 5.56 Å². The molecule has 0 saturated carbocycles. The van der Waals surface area contributed by atoms with Crippen LogP contribution in [-0.4, -0.2) is 45.1 Å². The quantitative estimate of drug-likeness (QED) is 0.269. The van der Waals surface area contributed by atoms with Gasteiger partial charge in [-0.1, -0.05) is 43.0 Å². The topological polar surface area (TPSA) is 84.3 Å². The van der Waals surface area contributed by atoms with Crippen molar-refractivity contribution in [3.8, 4) is 0 Å². The Bertz CT molecular complexity index is 1300. The number of anilines is 1. The molecule has 3 aromatic rings. The zero-order valence-corrected chi connectivity index (χ0v) is 21.8. The third-order valence-corrected chi connectivity index (χ3v) is 7.80. The molecule has 2 heterocycles. The Kier molecular flexibility index (Phi) is 8.33. The lowest BCUT2D eigenvalue weighted by molar-refractivity contribution is -0.132. The summed E-state index contributed by atoms with van der Waals surface area (Å²) < 4.78 is 1.55. The Labute approximate surface area is 207 Å². The van der Waals surface area contributed by atoms with Crippen LogP contribution in [-0.2, 0) is 22.6 Å². The van der Waals surface area contributed by atoms with Crippen molar-refractivity contribution in [3.05, 3.63) is 63.3 Å². The number of aryl methyl sites for hydroxylation is 3. The number of carbonyl (C=O) groups is 2. The molecule has 0 saturated heterocycles. The Balaban J connectivity index is 1.75. The van der Waals surface area contributed by atoms with Crippen molar-refractivity contribution in [1.82, 2.24) is 14.5 Å². The number of hydrogen-bond donors (Lipinski definition) is 1. The molecule has 0 aliphatic carbocycles. The number of para-hydroxylation sites is 1. The van der Waals surface area contributed by atoms with E-state index in [1.807, 2.05) is 45.0 Å². The van der Waals surface area contributed by atoms with Gasteiger partial charge < -0.3 is 10.2 Å². The third-order valence-electron chi connectivity index (χ3n) is 5.62. The molecule has 0 aliphatic heterocycles. The highest BCUT2D eigenvalue weighted by Crippen LogP contribution is 2.30. The van der Waals surface area contributed by atoms with Crippen molar-refractivity contribution in [2.75, 3.05) is 18.9 Å². The van der Waals surface area contributed by atoms with E-state index in [0.29, 0.717) is 21.9 Å². The number of thiophene rings is 1. The second-order valence-electron chi connectivity index (χ2n) is 8.08. The normalized spacial score (nSPS) is 11.9. The second-order valence-corrected chi connectivity index (χ2v) is 10.6. The first-order chi connectivity index (χ1) is 16.2. The van der Waals surface area contributed by atoms with Crippen LogP contribution in [0.25, 0.3) is 10.2 Å². The molecule has 2 aromatic heterocycles. The monoisotopic (exact) mass is 498 g/mol. The second kappa shape index (κ2) is 11.0. The molecule has 3 rings (SSSR count). The van der Waals surface area contributed by atoms with Gasteiger partial charge in [0.2, 0.25) is 11.8 Å². The Hall–Kier alpha value is -2.91. The molecular formula is C25H30N4O3S2. The van der Waals surface area contributed by atoms with Gasteiger partial charge in [-0.3, -0.25) is 19.0 Å². The number of rotatable bonds is 9. The summed E-state index contributed by atoms with van der Waals surface area (Å²) in [5, 5.41) is 3.44. The number of benzene rings is 1. The van der Waals surface area contributed by atoms with Gasteiger partial charge in [0.1, 0.15) is 4.83 Å². The number of fused-ring (bicyclic) bond motifs is 1. The average molecular weight is 499 g/mol. The van der Waals surface area contributed by atoms with Crippen LogP contribution in [0.3, 0.4) is 0 Å². The van der Waals surface area contributed by atoms with E-state index in [1.54, 1.807) is 24.6 Å².